The van der Waals surface area contributed by atoms with E-state index >= 15 is 0 Å². The summed E-state index contributed by atoms with van der Waals surface area (Å²) in [5.74, 6) is -0.111. The van der Waals surface area contributed by atoms with Crippen LogP contribution in [0.15, 0.2) is 18.2 Å². The van der Waals surface area contributed by atoms with Gasteiger partial charge in [0, 0.05) is 6.07 Å². The summed E-state index contributed by atoms with van der Waals surface area (Å²) in [4.78, 5) is 12.8. The monoisotopic (exact) mass is 320 g/mol. The van der Waals surface area contributed by atoms with Gasteiger partial charge < -0.3 is 9.47 Å². The van der Waals surface area contributed by atoms with Gasteiger partial charge in [-0.05, 0) is 12.1 Å². The van der Waals surface area contributed by atoms with Crippen molar-refractivity contribution < 1.29 is 27.4 Å². The van der Waals surface area contributed by atoms with E-state index in [1.807, 2.05) is 0 Å². The Hall–Kier alpha value is -1.90. The summed E-state index contributed by atoms with van der Waals surface area (Å²) >= 11 is 0.995. The molecule has 1 saturated heterocycles. The summed E-state index contributed by atoms with van der Waals surface area (Å²) < 4.78 is 46.5. The molecule has 21 heavy (non-hydrogen) atoms. The van der Waals surface area contributed by atoms with Gasteiger partial charge in [-0.15, -0.1) is 0 Å². The third-order valence-electron chi connectivity index (χ3n) is 2.58. The Morgan fingerprint density at radius 1 is 1.43 bits per heavy atom. The summed E-state index contributed by atoms with van der Waals surface area (Å²) in [5.41, 5.74) is 0.0681. The van der Waals surface area contributed by atoms with Crippen LogP contribution in [-0.4, -0.2) is 36.7 Å². The molecular weight excluding hydrogens is 309 g/mol. The van der Waals surface area contributed by atoms with Crippen LogP contribution >= 0.6 is 11.8 Å². The first kappa shape index (κ1) is 15.5. The molecule has 0 saturated carbocycles. The maximum absolute atomic E-state index is 12.3. The van der Waals surface area contributed by atoms with Crippen molar-refractivity contribution in [3.8, 4) is 11.5 Å². The number of nitrogens with one attached hydrogen (secondary N) is 1. The maximum atomic E-state index is 12.3. The second-order valence-corrected chi connectivity index (χ2v) is 5.02. The quantitative estimate of drug-likeness (QED) is 0.926. The first-order chi connectivity index (χ1) is 9.81. The number of carbonyl (C=O) groups is 1. The molecule has 1 aliphatic heterocycles. The molecule has 1 aromatic carbocycles. The lowest BCUT2D eigenvalue weighted by Crippen LogP contribution is -2.29. The number of anilines is 1. The zero-order valence-electron chi connectivity index (χ0n) is 10.9. The molecule has 0 unspecified atom stereocenters. The molecule has 1 amide bonds. The molecule has 5 nitrogen and oxygen atoms in total. The second-order valence-electron chi connectivity index (χ2n) is 4.06. The van der Waals surface area contributed by atoms with E-state index < -0.39 is 18.7 Å². The number of carbonyl (C=O) groups excluding carboxylic acids is 1. The molecule has 1 fully saturated rings. The molecule has 0 aromatic heterocycles. The van der Waals surface area contributed by atoms with Crippen molar-refractivity contribution in [1.82, 2.24) is 0 Å². The number of amidine groups is 1. The molecular formula is C12H11F3N2O3S. The maximum Gasteiger partial charge on any atom is 0.422 e. The predicted molar refractivity (Wildman–Crippen MR) is 72.2 cm³/mol. The molecule has 9 heteroatoms. The largest absolute Gasteiger partial charge is 0.497 e. The van der Waals surface area contributed by atoms with Gasteiger partial charge in [-0.2, -0.15) is 13.2 Å². The fourth-order valence-corrected chi connectivity index (χ4v) is 2.42. The summed E-state index contributed by atoms with van der Waals surface area (Å²) in [6, 6.07) is 4.07. The van der Waals surface area contributed by atoms with E-state index in [4.69, 9.17) is 14.9 Å². The van der Waals surface area contributed by atoms with Gasteiger partial charge in [0.2, 0.25) is 5.91 Å². The smallest absolute Gasteiger partial charge is 0.422 e. The number of methoxy groups -OCH3 is 1. The molecule has 1 heterocycles. The Balaban J connectivity index is 2.36. The molecule has 114 valence electrons. The number of hydrogen-bond acceptors (Lipinski definition) is 5. The van der Waals surface area contributed by atoms with Gasteiger partial charge in [-0.3, -0.25) is 15.1 Å². The highest BCUT2D eigenvalue weighted by Crippen LogP contribution is 2.37. The number of amides is 1. The minimum atomic E-state index is -4.49. The van der Waals surface area contributed by atoms with E-state index in [-0.39, 0.29) is 22.4 Å². The number of ether oxygens (including phenoxy) is 2. The third-order valence-corrected chi connectivity index (χ3v) is 3.43. The van der Waals surface area contributed by atoms with Crippen molar-refractivity contribution in [2.45, 2.75) is 6.18 Å². The Morgan fingerprint density at radius 2 is 2.14 bits per heavy atom. The Kier molecular flexibility index (Phi) is 4.31. The van der Waals surface area contributed by atoms with E-state index in [1.165, 1.54) is 25.3 Å². The van der Waals surface area contributed by atoms with Crippen molar-refractivity contribution in [2.24, 2.45) is 0 Å². The van der Waals surface area contributed by atoms with E-state index in [1.54, 1.807) is 0 Å². The highest BCUT2D eigenvalue weighted by Gasteiger charge is 2.33. The number of alkyl halides is 3. The van der Waals surface area contributed by atoms with Crippen LogP contribution in [0.2, 0.25) is 0 Å². The molecule has 0 radical (unpaired) electrons. The summed E-state index contributed by atoms with van der Waals surface area (Å²) in [5, 5.41) is 7.64. The van der Waals surface area contributed by atoms with Crippen LogP contribution < -0.4 is 14.4 Å². The molecule has 0 atom stereocenters. The lowest BCUT2D eigenvalue weighted by atomic mass is 10.2. The van der Waals surface area contributed by atoms with Gasteiger partial charge in [0.15, 0.2) is 11.8 Å². The normalized spacial score (nSPS) is 15.5. The number of rotatable bonds is 4. The molecule has 2 rings (SSSR count). The van der Waals surface area contributed by atoms with Crippen LogP contribution in [0, 0.1) is 5.41 Å². The molecule has 1 aromatic rings. The van der Waals surface area contributed by atoms with E-state index in [0.717, 1.165) is 16.7 Å². The van der Waals surface area contributed by atoms with E-state index in [0.29, 0.717) is 5.75 Å². The highest BCUT2D eigenvalue weighted by atomic mass is 32.2. The summed E-state index contributed by atoms with van der Waals surface area (Å²) in [7, 11) is 1.39. The van der Waals surface area contributed by atoms with Crippen LogP contribution in [0.3, 0.4) is 0 Å². The Bertz CT molecular complexity index is 561. The first-order valence-electron chi connectivity index (χ1n) is 5.74. The predicted octanol–water partition coefficient (Wildman–Crippen LogP) is 2.65. The number of halogens is 3. The average Bonchev–Trinajstić information content (AvgIpc) is 2.75. The molecule has 0 bridgehead atoms. The number of benzene rings is 1. The number of thioether (sulfide) groups is 1. The zero-order valence-corrected chi connectivity index (χ0v) is 11.7. The van der Waals surface area contributed by atoms with Crippen LogP contribution in [0.25, 0.3) is 0 Å². The van der Waals surface area contributed by atoms with Gasteiger partial charge in [-0.25, -0.2) is 0 Å². The van der Waals surface area contributed by atoms with Crippen molar-refractivity contribution >= 4 is 28.5 Å². The fraction of sp³-hybridized carbons (Fsp3) is 0.333. The minimum absolute atomic E-state index is 0.0642. The Labute approximate surface area is 122 Å². The van der Waals surface area contributed by atoms with Crippen LogP contribution in [0.5, 0.6) is 11.5 Å². The van der Waals surface area contributed by atoms with Gasteiger partial charge in [0.25, 0.3) is 0 Å². The summed E-state index contributed by atoms with van der Waals surface area (Å²) in [6.45, 7) is -1.48. The van der Waals surface area contributed by atoms with Gasteiger partial charge >= 0.3 is 6.18 Å². The lowest BCUT2D eigenvalue weighted by molar-refractivity contribution is -0.153. The first-order valence-corrected chi connectivity index (χ1v) is 6.72. The zero-order chi connectivity index (χ0) is 15.6. The molecule has 1 aliphatic rings. The van der Waals surface area contributed by atoms with Crippen molar-refractivity contribution in [3.05, 3.63) is 18.2 Å². The highest BCUT2D eigenvalue weighted by molar-refractivity contribution is 8.15. The van der Waals surface area contributed by atoms with Crippen molar-refractivity contribution in [1.29, 1.82) is 5.41 Å². The van der Waals surface area contributed by atoms with Gasteiger partial charge in [0.05, 0.1) is 18.6 Å². The van der Waals surface area contributed by atoms with E-state index in [2.05, 4.69) is 0 Å². The standard InChI is InChI=1S/C12H11F3N2O3S/c1-19-7-2-3-9(20-6-12(13,14)15)8(4-7)17-10(18)5-21-11(17)16/h2-4,16H,5-6H2,1H3. The molecule has 0 aliphatic carbocycles. The molecule has 0 spiro atoms. The summed E-state index contributed by atoms with van der Waals surface area (Å²) in [6.07, 6.45) is -4.49. The van der Waals surface area contributed by atoms with Crippen molar-refractivity contribution in [2.75, 3.05) is 24.4 Å². The third kappa shape index (κ3) is 3.60. The van der Waals surface area contributed by atoms with Crippen LogP contribution in [0.1, 0.15) is 0 Å². The lowest BCUT2D eigenvalue weighted by Gasteiger charge is -2.20. The van der Waals surface area contributed by atoms with E-state index in [9.17, 15) is 18.0 Å². The topological polar surface area (TPSA) is 62.6 Å². The average molecular weight is 320 g/mol. The van der Waals surface area contributed by atoms with Crippen LogP contribution in [0.4, 0.5) is 18.9 Å². The number of hydrogen-bond donors (Lipinski definition) is 1. The molecule has 1 N–H and O–H groups in total. The van der Waals surface area contributed by atoms with Gasteiger partial charge in [-0.1, -0.05) is 11.8 Å². The Morgan fingerprint density at radius 3 is 2.67 bits per heavy atom. The van der Waals surface area contributed by atoms with Crippen molar-refractivity contribution in [3.63, 3.8) is 0 Å². The number of nitrogens with zero attached hydrogens (tertiary/aromatic N) is 1. The SMILES string of the molecule is COc1ccc(OCC(F)(F)F)c(N2C(=N)SCC2=O)c1. The second kappa shape index (κ2) is 5.84. The minimum Gasteiger partial charge on any atom is -0.497 e. The van der Waals surface area contributed by atoms with Crippen LogP contribution in [-0.2, 0) is 4.79 Å². The van der Waals surface area contributed by atoms with Gasteiger partial charge in [0.1, 0.15) is 11.5 Å². The fourth-order valence-electron chi connectivity index (χ4n) is 1.70.